The largest absolute Gasteiger partial charge is 0.481 e. The number of aromatic nitrogens is 2. The lowest BCUT2D eigenvalue weighted by Crippen LogP contribution is -2.45. The molecule has 25 heavy (non-hydrogen) atoms. The Morgan fingerprint density at radius 2 is 2.16 bits per heavy atom. The molecule has 2 heterocycles. The Balaban J connectivity index is 1.62. The highest BCUT2D eigenvalue weighted by Gasteiger charge is 2.55. The summed E-state index contributed by atoms with van der Waals surface area (Å²) in [6.45, 7) is 6.87. The molecule has 1 aliphatic carbocycles. The molecule has 0 aromatic carbocycles. The lowest BCUT2D eigenvalue weighted by molar-refractivity contribution is -0.149. The predicted octanol–water partition coefficient (Wildman–Crippen LogP) is 1.86. The molecule has 138 valence electrons. The summed E-state index contributed by atoms with van der Waals surface area (Å²) in [6.07, 6.45) is 3.25. The minimum absolute atomic E-state index is 0.0321. The first kappa shape index (κ1) is 17.8. The molecule has 2 fully saturated rings. The number of carboxylic acids is 1. The molecule has 7 nitrogen and oxygen atoms in total. The van der Waals surface area contributed by atoms with Crippen molar-refractivity contribution in [3.8, 4) is 0 Å². The summed E-state index contributed by atoms with van der Waals surface area (Å²) in [6, 6.07) is -0.183. The van der Waals surface area contributed by atoms with Crippen molar-refractivity contribution in [3.05, 3.63) is 17.0 Å². The highest BCUT2D eigenvalue weighted by Crippen LogP contribution is 2.48. The Morgan fingerprint density at radius 1 is 1.44 bits per heavy atom. The molecule has 0 bridgehead atoms. The summed E-state index contributed by atoms with van der Waals surface area (Å²) in [5.74, 6) is -0.658. The second kappa shape index (κ2) is 6.35. The van der Waals surface area contributed by atoms with Crippen molar-refractivity contribution in [2.24, 2.45) is 18.4 Å². The van der Waals surface area contributed by atoms with Gasteiger partial charge in [-0.05, 0) is 51.5 Å². The molecule has 2 N–H and O–H groups in total. The fourth-order valence-electron chi connectivity index (χ4n) is 4.57. The number of nitrogens with one attached hydrogen (secondary N) is 1. The summed E-state index contributed by atoms with van der Waals surface area (Å²) in [4.78, 5) is 26.1. The van der Waals surface area contributed by atoms with Crippen molar-refractivity contribution >= 4 is 12.0 Å². The van der Waals surface area contributed by atoms with Crippen LogP contribution in [-0.2, 0) is 18.3 Å². The first-order valence-electron chi connectivity index (χ1n) is 9.02. The van der Waals surface area contributed by atoms with Crippen LogP contribution >= 0.6 is 0 Å². The summed E-state index contributed by atoms with van der Waals surface area (Å²) >= 11 is 0. The van der Waals surface area contributed by atoms with Crippen LogP contribution in [0.5, 0.6) is 0 Å². The van der Waals surface area contributed by atoms with Crippen LogP contribution in [0.3, 0.4) is 0 Å². The number of carboxylic acid groups (broad SMARTS) is 1. The lowest BCUT2D eigenvalue weighted by atomic mass is 9.81. The number of fused-ring (bicyclic) bond motifs is 1. The Kier molecular flexibility index (Phi) is 4.51. The van der Waals surface area contributed by atoms with E-state index >= 15 is 0 Å². The van der Waals surface area contributed by atoms with E-state index in [1.54, 1.807) is 4.90 Å². The molecular weight excluding hydrogens is 320 g/mol. The third-order valence-corrected chi connectivity index (χ3v) is 6.12. The molecule has 1 unspecified atom stereocenters. The van der Waals surface area contributed by atoms with Gasteiger partial charge < -0.3 is 15.3 Å². The molecule has 7 heteroatoms. The van der Waals surface area contributed by atoms with Gasteiger partial charge in [-0.2, -0.15) is 5.10 Å². The van der Waals surface area contributed by atoms with Crippen LogP contribution in [0.4, 0.5) is 4.79 Å². The van der Waals surface area contributed by atoms with Crippen molar-refractivity contribution in [3.63, 3.8) is 0 Å². The molecule has 1 saturated carbocycles. The van der Waals surface area contributed by atoms with Gasteiger partial charge in [0.15, 0.2) is 0 Å². The van der Waals surface area contributed by atoms with Crippen LogP contribution < -0.4 is 5.32 Å². The monoisotopic (exact) mass is 348 g/mol. The Labute approximate surface area is 148 Å². The third-order valence-electron chi connectivity index (χ3n) is 6.12. The number of urea groups is 1. The van der Waals surface area contributed by atoms with Crippen molar-refractivity contribution in [1.82, 2.24) is 20.0 Å². The van der Waals surface area contributed by atoms with Crippen LogP contribution in [0, 0.1) is 25.2 Å². The van der Waals surface area contributed by atoms with Crippen LogP contribution in [-0.4, -0.2) is 50.9 Å². The number of aryl methyl sites for hydroxylation is 2. The first-order valence-corrected chi connectivity index (χ1v) is 9.02. The van der Waals surface area contributed by atoms with E-state index in [1.807, 2.05) is 32.5 Å². The summed E-state index contributed by atoms with van der Waals surface area (Å²) in [7, 11) is 1.92. The minimum Gasteiger partial charge on any atom is -0.481 e. The van der Waals surface area contributed by atoms with Crippen LogP contribution in [0.25, 0.3) is 0 Å². The van der Waals surface area contributed by atoms with Crippen molar-refractivity contribution in [2.75, 3.05) is 13.1 Å². The van der Waals surface area contributed by atoms with Gasteiger partial charge in [-0.1, -0.05) is 6.42 Å². The zero-order valence-corrected chi connectivity index (χ0v) is 15.5. The van der Waals surface area contributed by atoms with E-state index in [9.17, 15) is 14.7 Å². The van der Waals surface area contributed by atoms with Gasteiger partial charge in [0.05, 0.1) is 11.1 Å². The molecule has 1 saturated heterocycles. The molecule has 0 radical (unpaired) electrons. The Bertz CT molecular complexity index is 699. The third kappa shape index (κ3) is 3.00. The fraction of sp³-hybridized carbons (Fsp3) is 0.722. The lowest BCUT2D eigenvalue weighted by Gasteiger charge is -2.24. The Hall–Kier alpha value is -2.05. The standard InChI is InChI=1S/C18H28N4O3/c1-11(8-15-12(2)20-21(4)13(15)3)19-17(25)22-9-14-6-5-7-18(14,10-22)16(23)24/h11,14H,5-10H2,1-4H3,(H,19,25)(H,23,24)/t11?,14-,18+/m0/s1. The number of aliphatic carboxylic acids is 1. The van der Waals surface area contributed by atoms with Crippen LogP contribution in [0.2, 0.25) is 0 Å². The smallest absolute Gasteiger partial charge is 0.317 e. The molecule has 1 aliphatic heterocycles. The molecule has 1 aromatic heterocycles. The summed E-state index contributed by atoms with van der Waals surface area (Å²) in [5.41, 5.74) is 2.54. The number of likely N-dealkylation sites (tertiary alicyclic amines) is 1. The van der Waals surface area contributed by atoms with E-state index in [-0.39, 0.29) is 18.0 Å². The Morgan fingerprint density at radius 3 is 2.72 bits per heavy atom. The molecule has 2 amide bonds. The van der Waals surface area contributed by atoms with Gasteiger partial charge in [0.1, 0.15) is 0 Å². The number of hydrogen-bond donors (Lipinski definition) is 2. The molecular formula is C18H28N4O3. The van der Waals surface area contributed by atoms with Gasteiger partial charge in [-0.25, -0.2) is 4.79 Å². The molecule has 0 spiro atoms. The van der Waals surface area contributed by atoms with Crippen LogP contribution in [0.1, 0.15) is 43.1 Å². The predicted molar refractivity (Wildman–Crippen MR) is 93.4 cm³/mol. The van der Waals surface area contributed by atoms with Crippen molar-refractivity contribution < 1.29 is 14.7 Å². The number of amides is 2. The summed E-state index contributed by atoms with van der Waals surface area (Å²) < 4.78 is 1.86. The first-order chi connectivity index (χ1) is 11.7. The maximum Gasteiger partial charge on any atom is 0.317 e. The number of carbonyl (C=O) groups excluding carboxylic acids is 1. The number of rotatable bonds is 4. The molecule has 3 atom stereocenters. The maximum atomic E-state index is 12.6. The van der Waals surface area contributed by atoms with Gasteiger partial charge in [-0.3, -0.25) is 9.48 Å². The molecule has 2 aliphatic rings. The van der Waals surface area contributed by atoms with E-state index < -0.39 is 11.4 Å². The van der Waals surface area contributed by atoms with E-state index in [2.05, 4.69) is 10.4 Å². The van der Waals surface area contributed by atoms with Gasteiger partial charge in [0.2, 0.25) is 0 Å². The van der Waals surface area contributed by atoms with Gasteiger partial charge >= 0.3 is 12.0 Å². The zero-order chi connectivity index (χ0) is 18.4. The maximum absolute atomic E-state index is 12.6. The van der Waals surface area contributed by atoms with Crippen molar-refractivity contribution in [1.29, 1.82) is 0 Å². The second-order valence-electron chi connectivity index (χ2n) is 7.76. The fourth-order valence-corrected chi connectivity index (χ4v) is 4.57. The van der Waals surface area contributed by atoms with Gasteiger partial charge in [0.25, 0.3) is 0 Å². The number of nitrogens with zero attached hydrogens (tertiary/aromatic N) is 3. The number of hydrogen-bond acceptors (Lipinski definition) is 3. The number of carbonyl (C=O) groups is 2. The van der Waals surface area contributed by atoms with E-state index in [1.165, 1.54) is 0 Å². The summed E-state index contributed by atoms with van der Waals surface area (Å²) in [5, 5.41) is 17.1. The molecule has 1 aromatic rings. The highest BCUT2D eigenvalue weighted by atomic mass is 16.4. The van der Waals surface area contributed by atoms with Crippen LogP contribution in [0.15, 0.2) is 0 Å². The van der Waals surface area contributed by atoms with E-state index in [0.29, 0.717) is 19.5 Å². The average Bonchev–Trinajstić information content (AvgIpc) is 3.15. The SMILES string of the molecule is Cc1nn(C)c(C)c1CC(C)NC(=O)N1C[C@@H]2CCC[C@@]2(C(=O)O)C1. The van der Waals surface area contributed by atoms with Gasteiger partial charge in [-0.15, -0.1) is 0 Å². The highest BCUT2D eigenvalue weighted by molar-refractivity contribution is 5.80. The van der Waals surface area contributed by atoms with Gasteiger partial charge in [0, 0.05) is 31.9 Å². The van der Waals surface area contributed by atoms with E-state index in [0.717, 1.165) is 36.2 Å². The quantitative estimate of drug-likeness (QED) is 0.869. The zero-order valence-electron chi connectivity index (χ0n) is 15.5. The normalized spacial score (nSPS) is 26.6. The van der Waals surface area contributed by atoms with Crippen molar-refractivity contribution in [2.45, 2.75) is 52.5 Å². The molecule has 3 rings (SSSR count). The average molecular weight is 348 g/mol. The van der Waals surface area contributed by atoms with E-state index in [4.69, 9.17) is 0 Å². The minimum atomic E-state index is -0.750. The topological polar surface area (TPSA) is 87.5 Å². The second-order valence-corrected chi connectivity index (χ2v) is 7.76.